The summed E-state index contributed by atoms with van der Waals surface area (Å²) < 4.78 is 15.1. The van der Waals surface area contributed by atoms with Crippen LogP contribution in [0.2, 0.25) is 0 Å². The van der Waals surface area contributed by atoms with Crippen LogP contribution in [0.1, 0.15) is 20.3 Å². The van der Waals surface area contributed by atoms with E-state index >= 15 is 0 Å². The monoisotopic (exact) mass is 276 g/mol. The minimum absolute atomic E-state index is 0.350. The molecule has 0 aliphatic rings. The molecule has 0 fully saturated rings. The Balaban J connectivity index is 4.22. The minimum Gasteiger partial charge on any atom is -0.465 e. The zero-order chi connectivity index (χ0) is 14.7. The number of esters is 1. The SMILES string of the molecule is CCOC(=O)C(C)(N)CCN(CCOC)CCOC. The van der Waals surface area contributed by atoms with E-state index < -0.39 is 5.54 Å². The zero-order valence-electron chi connectivity index (χ0n) is 12.6. The number of carbonyl (C=O) groups is 1. The maximum atomic E-state index is 11.7. The van der Waals surface area contributed by atoms with Gasteiger partial charge >= 0.3 is 5.97 Å². The average Bonchev–Trinajstić information content (AvgIpc) is 2.38. The molecule has 1 atom stereocenters. The van der Waals surface area contributed by atoms with Crippen LogP contribution < -0.4 is 5.73 Å². The lowest BCUT2D eigenvalue weighted by Gasteiger charge is -2.27. The summed E-state index contributed by atoms with van der Waals surface area (Å²) in [7, 11) is 3.33. The van der Waals surface area contributed by atoms with Gasteiger partial charge in [0.2, 0.25) is 0 Å². The number of ether oxygens (including phenoxy) is 3. The van der Waals surface area contributed by atoms with Gasteiger partial charge in [-0.3, -0.25) is 9.69 Å². The topological polar surface area (TPSA) is 74.0 Å². The molecule has 2 N–H and O–H groups in total. The number of methoxy groups -OCH3 is 2. The highest BCUT2D eigenvalue weighted by molar-refractivity contribution is 5.79. The normalized spacial score (nSPS) is 14.4. The molecule has 0 aliphatic carbocycles. The van der Waals surface area contributed by atoms with Gasteiger partial charge in [0.1, 0.15) is 5.54 Å². The van der Waals surface area contributed by atoms with E-state index in [1.165, 1.54) is 0 Å². The molecular weight excluding hydrogens is 248 g/mol. The Labute approximate surface area is 116 Å². The van der Waals surface area contributed by atoms with Crippen LogP contribution in [0.3, 0.4) is 0 Å². The van der Waals surface area contributed by atoms with Gasteiger partial charge in [-0.1, -0.05) is 0 Å². The third-order valence-electron chi connectivity index (χ3n) is 2.91. The van der Waals surface area contributed by atoms with Gasteiger partial charge < -0.3 is 19.9 Å². The molecule has 0 aromatic carbocycles. The van der Waals surface area contributed by atoms with Crippen molar-refractivity contribution in [2.45, 2.75) is 25.8 Å². The molecule has 0 aliphatic heterocycles. The first-order valence-electron chi connectivity index (χ1n) is 6.64. The maximum absolute atomic E-state index is 11.7. The lowest BCUT2D eigenvalue weighted by atomic mass is 9.99. The van der Waals surface area contributed by atoms with E-state index in [4.69, 9.17) is 19.9 Å². The summed E-state index contributed by atoms with van der Waals surface area (Å²) in [5, 5.41) is 0. The van der Waals surface area contributed by atoms with E-state index in [2.05, 4.69) is 4.90 Å². The molecule has 0 saturated heterocycles. The fourth-order valence-corrected chi connectivity index (χ4v) is 1.56. The highest BCUT2D eigenvalue weighted by Crippen LogP contribution is 2.09. The van der Waals surface area contributed by atoms with Crippen LogP contribution in [-0.4, -0.2) is 70.1 Å². The van der Waals surface area contributed by atoms with Crippen molar-refractivity contribution in [1.82, 2.24) is 4.90 Å². The molecule has 0 rings (SSSR count). The molecule has 6 nitrogen and oxygen atoms in total. The second kappa shape index (κ2) is 10.1. The largest absolute Gasteiger partial charge is 0.465 e. The molecule has 0 amide bonds. The van der Waals surface area contributed by atoms with Gasteiger partial charge in [-0.15, -0.1) is 0 Å². The first-order chi connectivity index (χ1) is 8.97. The summed E-state index contributed by atoms with van der Waals surface area (Å²) in [5.41, 5.74) is 5.04. The first-order valence-corrected chi connectivity index (χ1v) is 6.64. The van der Waals surface area contributed by atoms with Crippen molar-refractivity contribution in [1.29, 1.82) is 0 Å². The van der Waals surface area contributed by atoms with E-state index in [0.29, 0.717) is 32.8 Å². The quantitative estimate of drug-likeness (QED) is 0.545. The van der Waals surface area contributed by atoms with Crippen molar-refractivity contribution in [3.05, 3.63) is 0 Å². The van der Waals surface area contributed by atoms with Crippen LogP contribution >= 0.6 is 0 Å². The molecule has 19 heavy (non-hydrogen) atoms. The highest BCUT2D eigenvalue weighted by atomic mass is 16.5. The molecule has 0 aromatic heterocycles. The van der Waals surface area contributed by atoms with Gasteiger partial charge in [0.05, 0.1) is 19.8 Å². The van der Waals surface area contributed by atoms with E-state index in [1.54, 1.807) is 28.1 Å². The van der Waals surface area contributed by atoms with Crippen LogP contribution in [0.25, 0.3) is 0 Å². The third kappa shape index (κ3) is 8.15. The lowest BCUT2D eigenvalue weighted by Crippen LogP contribution is -2.49. The summed E-state index contributed by atoms with van der Waals surface area (Å²) in [6, 6.07) is 0. The Bertz CT molecular complexity index is 239. The van der Waals surface area contributed by atoms with Crippen molar-refractivity contribution in [3.63, 3.8) is 0 Å². The van der Waals surface area contributed by atoms with Crippen molar-refractivity contribution in [2.75, 3.05) is 53.7 Å². The molecule has 1 unspecified atom stereocenters. The smallest absolute Gasteiger partial charge is 0.325 e. The van der Waals surface area contributed by atoms with Crippen LogP contribution in [0.5, 0.6) is 0 Å². The van der Waals surface area contributed by atoms with E-state index in [1.807, 2.05) is 0 Å². The van der Waals surface area contributed by atoms with Gasteiger partial charge in [-0.25, -0.2) is 0 Å². The Morgan fingerprint density at radius 2 is 1.68 bits per heavy atom. The summed E-state index contributed by atoms with van der Waals surface area (Å²) in [5.74, 6) is -0.353. The second-order valence-electron chi connectivity index (χ2n) is 4.72. The highest BCUT2D eigenvalue weighted by Gasteiger charge is 2.30. The predicted octanol–water partition coefficient (Wildman–Crippen LogP) is 0.252. The van der Waals surface area contributed by atoms with Crippen molar-refractivity contribution >= 4 is 5.97 Å². The molecule has 0 radical (unpaired) electrons. The summed E-state index contributed by atoms with van der Waals surface area (Å²) in [6.07, 6.45) is 0.541. The third-order valence-corrected chi connectivity index (χ3v) is 2.91. The maximum Gasteiger partial charge on any atom is 0.325 e. The molecule has 0 bridgehead atoms. The molecule has 0 heterocycles. The first kappa shape index (κ1) is 18.3. The molecule has 114 valence electrons. The summed E-state index contributed by atoms with van der Waals surface area (Å²) >= 11 is 0. The molecule has 0 saturated carbocycles. The van der Waals surface area contributed by atoms with Gasteiger partial charge in [0, 0.05) is 33.9 Å². The van der Waals surface area contributed by atoms with Crippen molar-refractivity contribution < 1.29 is 19.0 Å². The summed E-state index contributed by atoms with van der Waals surface area (Å²) in [6.45, 7) is 7.40. The fraction of sp³-hybridized carbons (Fsp3) is 0.923. The molecule has 0 spiro atoms. The molecule has 0 aromatic rings. The van der Waals surface area contributed by atoms with Gasteiger partial charge in [-0.2, -0.15) is 0 Å². The lowest BCUT2D eigenvalue weighted by molar-refractivity contribution is -0.149. The zero-order valence-corrected chi connectivity index (χ0v) is 12.6. The van der Waals surface area contributed by atoms with Crippen LogP contribution in [0.4, 0.5) is 0 Å². The van der Waals surface area contributed by atoms with Crippen molar-refractivity contribution in [2.24, 2.45) is 5.73 Å². The van der Waals surface area contributed by atoms with Crippen LogP contribution in [0.15, 0.2) is 0 Å². The fourth-order valence-electron chi connectivity index (χ4n) is 1.56. The van der Waals surface area contributed by atoms with Crippen LogP contribution in [0, 0.1) is 0 Å². The number of hydrogen-bond donors (Lipinski definition) is 1. The Kier molecular flexibility index (Phi) is 9.77. The Morgan fingerprint density at radius 3 is 2.11 bits per heavy atom. The molecular formula is C13H28N2O4. The second-order valence-corrected chi connectivity index (χ2v) is 4.72. The van der Waals surface area contributed by atoms with Gasteiger partial charge in [0.15, 0.2) is 0 Å². The standard InChI is InChI=1S/C13H28N2O4/c1-5-19-12(16)13(2,14)6-7-15(8-10-17-3)9-11-18-4/h5-11,14H2,1-4H3. The average molecular weight is 276 g/mol. The van der Waals surface area contributed by atoms with Crippen molar-refractivity contribution in [3.8, 4) is 0 Å². The number of rotatable bonds is 11. The van der Waals surface area contributed by atoms with E-state index in [0.717, 1.165) is 13.1 Å². The number of hydrogen-bond acceptors (Lipinski definition) is 6. The Morgan fingerprint density at radius 1 is 1.16 bits per heavy atom. The molecule has 6 heteroatoms. The number of carbonyl (C=O) groups excluding carboxylic acids is 1. The van der Waals surface area contributed by atoms with E-state index in [9.17, 15) is 4.79 Å². The van der Waals surface area contributed by atoms with Crippen LogP contribution in [-0.2, 0) is 19.0 Å². The number of nitrogens with zero attached hydrogens (tertiary/aromatic N) is 1. The predicted molar refractivity (Wildman–Crippen MR) is 74.0 cm³/mol. The van der Waals surface area contributed by atoms with E-state index in [-0.39, 0.29) is 5.97 Å². The minimum atomic E-state index is -0.950. The Hall–Kier alpha value is -0.690. The summed E-state index contributed by atoms with van der Waals surface area (Å²) in [4.78, 5) is 13.9. The van der Waals surface area contributed by atoms with Gasteiger partial charge in [0.25, 0.3) is 0 Å². The number of nitrogens with two attached hydrogens (primary N) is 1. The van der Waals surface area contributed by atoms with Gasteiger partial charge in [-0.05, 0) is 20.3 Å².